The van der Waals surface area contributed by atoms with Gasteiger partial charge in [-0.05, 0) is 49.9 Å². The van der Waals surface area contributed by atoms with Crippen molar-refractivity contribution in [3.63, 3.8) is 0 Å². The molecule has 2 rings (SSSR count). The second kappa shape index (κ2) is 4.51. The van der Waals surface area contributed by atoms with Gasteiger partial charge in [-0.25, -0.2) is 4.39 Å². The highest BCUT2D eigenvalue weighted by Crippen LogP contribution is 2.17. The number of rotatable bonds is 2. The zero-order valence-electron chi connectivity index (χ0n) is 8.17. The van der Waals surface area contributed by atoms with Gasteiger partial charge >= 0.3 is 0 Å². The molecule has 0 radical (unpaired) electrons. The van der Waals surface area contributed by atoms with E-state index in [1.54, 1.807) is 12.3 Å². The molecule has 1 aliphatic rings. The Labute approximate surface area is 83.6 Å². The predicted molar refractivity (Wildman–Crippen MR) is 53.5 cm³/mol. The number of hydrogen-bond acceptors (Lipinski definition) is 2. The van der Waals surface area contributed by atoms with Gasteiger partial charge in [-0.1, -0.05) is 0 Å². The largest absolute Gasteiger partial charge is 0.317 e. The lowest BCUT2D eigenvalue weighted by Gasteiger charge is -2.22. The van der Waals surface area contributed by atoms with Gasteiger partial charge in [0.05, 0.1) is 6.20 Å². The van der Waals surface area contributed by atoms with Crippen LogP contribution < -0.4 is 5.32 Å². The first-order valence-corrected chi connectivity index (χ1v) is 5.15. The van der Waals surface area contributed by atoms with E-state index in [2.05, 4.69) is 10.3 Å². The molecular weight excluding hydrogens is 179 g/mol. The Morgan fingerprint density at radius 1 is 1.36 bits per heavy atom. The standard InChI is InChI=1S/C11H15FN2/c12-11-6-10(7-14-8-11)5-9-1-3-13-4-2-9/h6-9,13H,1-5H2. The van der Waals surface area contributed by atoms with Crippen LogP contribution in [0.5, 0.6) is 0 Å². The highest BCUT2D eigenvalue weighted by molar-refractivity contribution is 5.11. The Morgan fingerprint density at radius 3 is 2.86 bits per heavy atom. The molecule has 1 aromatic rings. The lowest BCUT2D eigenvalue weighted by atomic mass is 9.92. The molecular formula is C11H15FN2. The normalized spacial score (nSPS) is 18.4. The maximum absolute atomic E-state index is 12.8. The average Bonchev–Trinajstić information content (AvgIpc) is 2.19. The number of aromatic nitrogens is 1. The lowest BCUT2D eigenvalue weighted by molar-refractivity contribution is 0.372. The molecule has 0 aliphatic carbocycles. The van der Waals surface area contributed by atoms with E-state index in [1.807, 2.05) is 0 Å². The van der Waals surface area contributed by atoms with Crippen molar-refractivity contribution >= 4 is 0 Å². The summed E-state index contributed by atoms with van der Waals surface area (Å²) in [6.07, 6.45) is 6.37. The van der Waals surface area contributed by atoms with Crippen LogP contribution in [-0.2, 0) is 6.42 Å². The topological polar surface area (TPSA) is 24.9 Å². The van der Waals surface area contributed by atoms with Crippen molar-refractivity contribution in [1.29, 1.82) is 0 Å². The summed E-state index contributed by atoms with van der Waals surface area (Å²) in [5, 5.41) is 3.32. The monoisotopic (exact) mass is 194 g/mol. The summed E-state index contributed by atoms with van der Waals surface area (Å²) in [4.78, 5) is 3.86. The minimum Gasteiger partial charge on any atom is -0.317 e. The van der Waals surface area contributed by atoms with Gasteiger partial charge in [0.2, 0.25) is 0 Å². The maximum Gasteiger partial charge on any atom is 0.141 e. The summed E-state index contributed by atoms with van der Waals surface area (Å²) in [6, 6.07) is 1.59. The maximum atomic E-state index is 12.8. The fourth-order valence-electron chi connectivity index (χ4n) is 1.99. The Bertz CT molecular complexity index is 295. The number of halogens is 1. The van der Waals surface area contributed by atoms with Crippen molar-refractivity contribution in [1.82, 2.24) is 10.3 Å². The Kier molecular flexibility index (Phi) is 3.09. The fraction of sp³-hybridized carbons (Fsp3) is 0.545. The van der Waals surface area contributed by atoms with E-state index in [0.29, 0.717) is 5.92 Å². The van der Waals surface area contributed by atoms with Crippen molar-refractivity contribution in [3.8, 4) is 0 Å². The molecule has 2 nitrogen and oxygen atoms in total. The van der Waals surface area contributed by atoms with E-state index >= 15 is 0 Å². The molecule has 14 heavy (non-hydrogen) atoms. The van der Waals surface area contributed by atoms with Gasteiger partial charge in [0.25, 0.3) is 0 Å². The van der Waals surface area contributed by atoms with Crippen LogP contribution in [-0.4, -0.2) is 18.1 Å². The summed E-state index contributed by atoms with van der Waals surface area (Å²) < 4.78 is 12.8. The van der Waals surface area contributed by atoms with Crippen LogP contribution in [0.15, 0.2) is 18.5 Å². The van der Waals surface area contributed by atoms with Crippen LogP contribution in [0.3, 0.4) is 0 Å². The molecule has 1 saturated heterocycles. The minimum atomic E-state index is -0.226. The minimum absolute atomic E-state index is 0.226. The first kappa shape index (κ1) is 9.59. The van der Waals surface area contributed by atoms with E-state index in [-0.39, 0.29) is 5.82 Å². The van der Waals surface area contributed by atoms with Crippen LogP contribution in [0.4, 0.5) is 4.39 Å². The van der Waals surface area contributed by atoms with E-state index in [1.165, 1.54) is 19.0 Å². The molecule has 0 atom stereocenters. The quantitative estimate of drug-likeness (QED) is 0.776. The zero-order valence-corrected chi connectivity index (χ0v) is 8.17. The second-order valence-corrected chi connectivity index (χ2v) is 3.91. The molecule has 1 fully saturated rings. The molecule has 0 unspecified atom stereocenters. The molecule has 0 saturated carbocycles. The number of pyridine rings is 1. The fourth-order valence-corrected chi connectivity index (χ4v) is 1.99. The summed E-state index contributed by atoms with van der Waals surface area (Å²) in [5.74, 6) is 0.469. The highest BCUT2D eigenvalue weighted by Gasteiger charge is 2.13. The van der Waals surface area contributed by atoms with Crippen LogP contribution in [0, 0.1) is 11.7 Å². The number of nitrogens with one attached hydrogen (secondary N) is 1. The van der Waals surface area contributed by atoms with Crippen molar-refractivity contribution in [2.75, 3.05) is 13.1 Å². The number of piperidine rings is 1. The van der Waals surface area contributed by atoms with Crippen molar-refractivity contribution in [3.05, 3.63) is 29.8 Å². The van der Waals surface area contributed by atoms with Gasteiger partial charge in [0, 0.05) is 6.20 Å². The highest BCUT2D eigenvalue weighted by atomic mass is 19.1. The molecule has 1 aromatic heterocycles. The van der Waals surface area contributed by atoms with Crippen molar-refractivity contribution < 1.29 is 4.39 Å². The molecule has 0 amide bonds. The van der Waals surface area contributed by atoms with Crippen LogP contribution in [0.1, 0.15) is 18.4 Å². The van der Waals surface area contributed by atoms with E-state index in [0.717, 1.165) is 25.1 Å². The molecule has 3 heteroatoms. The van der Waals surface area contributed by atoms with Gasteiger partial charge in [0.15, 0.2) is 0 Å². The zero-order chi connectivity index (χ0) is 9.80. The van der Waals surface area contributed by atoms with E-state index < -0.39 is 0 Å². The Hall–Kier alpha value is -0.960. The molecule has 1 N–H and O–H groups in total. The third-order valence-corrected chi connectivity index (χ3v) is 2.74. The summed E-state index contributed by atoms with van der Waals surface area (Å²) in [7, 11) is 0. The first-order chi connectivity index (χ1) is 6.84. The molecule has 0 spiro atoms. The van der Waals surface area contributed by atoms with Gasteiger partial charge in [0.1, 0.15) is 5.82 Å². The van der Waals surface area contributed by atoms with Gasteiger partial charge in [-0.15, -0.1) is 0 Å². The third-order valence-electron chi connectivity index (χ3n) is 2.74. The second-order valence-electron chi connectivity index (χ2n) is 3.91. The third kappa shape index (κ3) is 2.51. The molecule has 0 aromatic carbocycles. The van der Waals surface area contributed by atoms with Gasteiger partial charge in [-0.2, -0.15) is 0 Å². The number of hydrogen-bond donors (Lipinski definition) is 1. The van der Waals surface area contributed by atoms with Crippen LogP contribution in [0.25, 0.3) is 0 Å². The lowest BCUT2D eigenvalue weighted by Crippen LogP contribution is -2.28. The predicted octanol–water partition coefficient (Wildman–Crippen LogP) is 1.76. The summed E-state index contributed by atoms with van der Waals surface area (Å²) >= 11 is 0. The van der Waals surface area contributed by atoms with Crippen molar-refractivity contribution in [2.24, 2.45) is 5.92 Å². The van der Waals surface area contributed by atoms with Crippen molar-refractivity contribution in [2.45, 2.75) is 19.3 Å². The number of nitrogens with zero attached hydrogens (tertiary/aromatic N) is 1. The molecule has 2 heterocycles. The van der Waals surface area contributed by atoms with Crippen LogP contribution in [0.2, 0.25) is 0 Å². The van der Waals surface area contributed by atoms with Gasteiger partial charge < -0.3 is 5.32 Å². The molecule has 1 aliphatic heterocycles. The Balaban J connectivity index is 1.95. The van der Waals surface area contributed by atoms with E-state index in [4.69, 9.17) is 0 Å². The molecule has 0 bridgehead atoms. The summed E-state index contributed by atoms with van der Waals surface area (Å²) in [5.41, 5.74) is 1.02. The Morgan fingerprint density at radius 2 is 2.14 bits per heavy atom. The van der Waals surface area contributed by atoms with E-state index in [9.17, 15) is 4.39 Å². The van der Waals surface area contributed by atoms with Crippen LogP contribution >= 0.6 is 0 Å². The molecule has 76 valence electrons. The summed E-state index contributed by atoms with van der Waals surface area (Å²) in [6.45, 7) is 2.18. The smallest absolute Gasteiger partial charge is 0.141 e. The van der Waals surface area contributed by atoms with Gasteiger partial charge in [-0.3, -0.25) is 4.98 Å². The SMILES string of the molecule is Fc1cncc(CC2CCNCC2)c1. The average molecular weight is 194 g/mol. The first-order valence-electron chi connectivity index (χ1n) is 5.15.